The van der Waals surface area contributed by atoms with E-state index in [2.05, 4.69) is 10.1 Å². The second-order valence-corrected chi connectivity index (χ2v) is 9.44. The van der Waals surface area contributed by atoms with Crippen LogP contribution in [-0.2, 0) is 4.74 Å². The lowest BCUT2D eigenvalue weighted by atomic mass is 10.1. The molecule has 0 atom stereocenters. The summed E-state index contributed by atoms with van der Waals surface area (Å²) in [6.07, 6.45) is 0.807. The quantitative estimate of drug-likeness (QED) is 0.316. The third-order valence-electron chi connectivity index (χ3n) is 6.14. The fraction of sp³-hybridized carbons (Fsp3) is 0.346. The van der Waals surface area contributed by atoms with Crippen LogP contribution < -0.4 is 9.64 Å². The number of hydrogen-bond donors (Lipinski definition) is 0. The van der Waals surface area contributed by atoms with Crippen LogP contribution in [0.5, 0.6) is 5.75 Å². The number of benzene rings is 2. The summed E-state index contributed by atoms with van der Waals surface area (Å²) in [6, 6.07) is 15.3. The molecule has 0 unspecified atom stereocenters. The number of carbonyl (C=O) groups is 1. The highest BCUT2D eigenvalue weighted by molar-refractivity contribution is 7.22. The van der Waals surface area contributed by atoms with E-state index in [1.165, 1.54) is 11.3 Å². The van der Waals surface area contributed by atoms with Gasteiger partial charge >= 0.3 is 0 Å². The number of fused-ring (bicyclic) bond motifs is 1. The van der Waals surface area contributed by atoms with Crippen molar-refractivity contribution < 1.29 is 18.8 Å². The van der Waals surface area contributed by atoms with Crippen molar-refractivity contribution in [2.45, 2.75) is 13.3 Å². The van der Waals surface area contributed by atoms with Crippen molar-refractivity contribution in [1.29, 1.82) is 0 Å². The van der Waals surface area contributed by atoms with Gasteiger partial charge in [0.15, 0.2) is 16.6 Å². The molecule has 190 valence electrons. The van der Waals surface area contributed by atoms with Crippen molar-refractivity contribution in [1.82, 2.24) is 15.0 Å². The Morgan fingerprint density at radius 1 is 1.17 bits per heavy atom. The molecule has 3 heterocycles. The third kappa shape index (κ3) is 5.54. The zero-order valence-corrected chi connectivity index (χ0v) is 21.9. The van der Waals surface area contributed by atoms with Crippen LogP contribution in [0.3, 0.4) is 0 Å². The lowest BCUT2D eigenvalue weighted by molar-refractivity contribution is 0.0376. The minimum absolute atomic E-state index is 0. The summed E-state index contributed by atoms with van der Waals surface area (Å²) < 4.78 is 17.5. The van der Waals surface area contributed by atoms with Gasteiger partial charge in [-0.15, -0.1) is 12.4 Å². The topological polar surface area (TPSA) is 80.9 Å². The van der Waals surface area contributed by atoms with Gasteiger partial charge in [-0.2, -0.15) is 0 Å². The van der Waals surface area contributed by atoms with Crippen molar-refractivity contribution in [3.05, 3.63) is 59.8 Å². The number of anilines is 1. The SMILES string of the molecule is COc1ccc(C)c2sc(N(CCCN3CCOCC3)C(=O)c3cc(-c4ccccc4)on3)nc12.Cl. The van der Waals surface area contributed by atoms with Crippen molar-refractivity contribution >= 4 is 45.0 Å². The zero-order valence-electron chi connectivity index (χ0n) is 20.3. The van der Waals surface area contributed by atoms with E-state index in [0.29, 0.717) is 23.2 Å². The van der Waals surface area contributed by atoms with Crippen LogP contribution in [0, 0.1) is 6.92 Å². The number of carbonyl (C=O) groups excluding carboxylic acids is 1. The Balaban J connectivity index is 0.00000304. The largest absolute Gasteiger partial charge is 0.494 e. The number of aromatic nitrogens is 2. The molecule has 2 aromatic carbocycles. The number of aryl methyl sites for hydroxylation is 1. The highest BCUT2D eigenvalue weighted by atomic mass is 35.5. The number of nitrogens with zero attached hydrogens (tertiary/aromatic N) is 4. The van der Waals surface area contributed by atoms with Gasteiger partial charge < -0.3 is 14.0 Å². The predicted molar refractivity (Wildman–Crippen MR) is 144 cm³/mol. The van der Waals surface area contributed by atoms with Crippen molar-refractivity contribution in [3.8, 4) is 17.1 Å². The van der Waals surface area contributed by atoms with E-state index in [1.807, 2.05) is 49.4 Å². The molecule has 0 saturated carbocycles. The molecule has 0 aliphatic carbocycles. The molecule has 1 aliphatic rings. The molecular weight excluding hydrogens is 500 g/mol. The molecule has 0 bridgehead atoms. The van der Waals surface area contributed by atoms with Gasteiger partial charge in [0.05, 0.1) is 25.0 Å². The Hall–Kier alpha value is -2.98. The van der Waals surface area contributed by atoms with E-state index in [1.54, 1.807) is 18.1 Å². The molecule has 10 heteroatoms. The summed E-state index contributed by atoms with van der Waals surface area (Å²) in [5.74, 6) is 1.03. The van der Waals surface area contributed by atoms with Gasteiger partial charge in [-0.3, -0.25) is 14.6 Å². The number of morpholine rings is 1. The Bertz CT molecular complexity index is 1300. The van der Waals surface area contributed by atoms with Gasteiger partial charge in [0, 0.05) is 37.8 Å². The number of methoxy groups -OCH3 is 1. The average molecular weight is 529 g/mol. The third-order valence-corrected chi connectivity index (χ3v) is 7.35. The molecule has 0 N–H and O–H groups in total. The Morgan fingerprint density at radius 3 is 2.69 bits per heavy atom. The van der Waals surface area contributed by atoms with E-state index >= 15 is 0 Å². The molecule has 36 heavy (non-hydrogen) atoms. The first-order valence-electron chi connectivity index (χ1n) is 11.7. The first-order valence-corrected chi connectivity index (χ1v) is 12.5. The summed E-state index contributed by atoms with van der Waals surface area (Å²) in [5.41, 5.74) is 3.00. The number of thiazole rings is 1. The molecular formula is C26H29ClN4O4S. The summed E-state index contributed by atoms with van der Waals surface area (Å²) in [4.78, 5) is 22.6. The summed E-state index contributed by atoms with van der Waals surface area (Å²) in [7, 11) is 1.63. The highest BCUT2D eigenvalue weighted by Crippen LogP contribution is 2.37. The van der Waals surface area contributed by atoms with Crippen molar-refractivity contribution in [2.24, 2.45) is 0 Å². The van der Waals surface area contributed by atoms with Crippen molar-refractivity contribution in [2.75, 3.05) is 51.4 Å². The highest BCUT2D eigenvalue weighted by Gasteiger charge is 2.26. The van der Waals surface area contributed by atoms with E-state index < -0.39 is 0 Å². The molecule has 0 spiro atoms. The molecule has 8 nitrogen and oxygen atoms in total. The summed E-state index contributed by atoms with van der Waals surface area (Å²) in [6.45, 7) is 6.77. The fourth-order valence-corrected chi connectivity index (χ4v) is 5.27. The van der Waals surface area contributed by atoms with Gasteiger partial charge in [-0.05, 0) is 25.0 Å². The molecule has 5 rings (SSSR count). The minimum Gasteiger partial charge on any atom is -0.494 e. The number of rotatable bonds is 8. The molecule has 1 amide bonds. The van der Waals surface area contributed by atoms with Crippen LogP contribution in [0.15, 0.2) is 53.1 Å². The second-order valence-electron chi connectivity index (χ2n) is 8.47. The number of ether oxygens (including phenoxy) is 2. The van der Waals surface area contributed by atoms with E-state index in [9.17, 15) is 4.79 Å². The van der Waals surface area contributed by atoms with Crippen molar-refractivity contribution in [3.63, 3.8) is 0 Å². The first kappa shape index (κ1) is 26.1. The first-order chi connectivity index (χ1) is 17.1. The lowest BCUT2D eigenvalue weighted by Gasteiger charge is -2.27. The fourth-order valence-electron chi connectivity index (χ4n) is 4.19. The number of hydrogen-bond acceptors (Lipinski definition) is 8. The summed E-state index contributed by atoms with van der Waals surface area (Å²) in [5, 5.41) is 4.73. The molecule has 1 aliphatic heterocycles. The maximum absolute atomic E-state index is 13.7. The monoisotopic (exact) mass is 528 g/mol. The Kier molecular flexibility index (Phi) is 8.58. The lowest BCUT2D eigenvalue weighted by Crippen LogP contribution is -2.39. The summed E-state index contributed by atoms with van der Waals surface area (Å²) >= 11 is 1.50. The smallest absolute Gasteiger partial charge is 0.282 e. The van der Waals surface area contributed by atoms with Gasteiger partial charge in [0.1, 0.15) is 11.3 Å². The zero-order chi connectivity index (χ0) is 24.2. The van der Waals surface area contributed by atoms with Gasteiger partial charge in [0.2, 0.25) is 0 Å². The second kappa shape index (κ2) is 11.8. The van der Waals surface area contributed by atoms with Crippen LogP contribution >= 0.6 is 23.7 Å². The van der Waals surface area contributed by atoms with Crippen LogP contribution in [0.4, 0.5) is 5.13 Å². The van der Waals surface area contributed by atoms with E-state index in [4.69, 9.17) is 19.0 Å². The standard InChI is InChI=1S/C26H28N4O4S.ClH/c1-18-9-10-21(32-2)23-24(18)35-26(27-23)30(12-6-11-29-13-15-33-16-14-29)25(31)20-17-22(34-28-20)19-7-4-3-5-8-19;/h3-5,7-10,17H,6,11-16H2,1-2H3;1H. The van der Waals surface area contributed by atoms with Gasteiger partial charge in [-0.1, -0.05) is 52.9 Å². The molecule has 4 aromatic rings. The van der Waals surface area contributed by atoms with Crippen LogP contribution in [0.2, 0.25) is 0 Å². The molecule has 1 saturated heterocycles. The molecule has 1 fully saturated rings. The van der Waals surface area contributed by atoms with Gasteiger partial charge in [-0.25, -0.2) is 4.98 Å². The van der Waals surface area contributed by atoms with Crippen LogP contribution in [-0.4, -0.2) is 67.5 Å². The van der Waals surface area contributed by atoms with Crippen LogP contribution in [0.25, 0.3) is 21.5 Å². The van der Waals surface area contributed by atoms with E-state index in [-0.39, 0.29) is 24.0 Å². The Labute approximate surface area is 220 Å². The van der Waals surface area contributed by atoms with E-state index in [0.717, 1.165) is 60.6 Å². The predicted octanol–water partition coefficient (Wildman–Crippen LogP) is 5.06. The molecule has 0 radical (unpaired) electrons. The van der Waals surface area contributed by atoms with Crippen LogP contribution in [0.1, 0.15) is 22.5 Å². The molecule has 2 aromatic heterocycles. The Morgan fingerprint density at radius 2 is 1.94 bits per heavy atom. The maximum Gasteiger partial charge on any atom is 0.282 e. The van der Waals surface area contributed by atoms with Gasteiger partial charge in [0.25, 0.3) is 5.91 Å². The minimum atomic E-state index is -0.228. The normalized spacial score (nSPS) is 13.9. The number of halogens is 1. The average Bonchev–Trinajstić information content (AvgIpc) is 3.57. The number of amides is 1. The maximum atomic E-state index is 13.7.